The van der Waals surface area contributed by atoms with Crippen molar-refractivity contribution in [2.75, 3.05) is 0 Å². The molecule has 1 unspecified atom stereocenters. The maximum Gasteiger partial charge on any atom is 0.263 e. The molecular formula is C23H16FN3OS. The number of hydrogen-bond donors (Lipinski definition) is 0. The van der Waals surface area contributed by atoms with Gasteiger partial charge in [-0.1, -0.05) is 66.4 Å². The van der Waals surface area contributed by atoms with Crippen molar-refractivity contribution in [3.63, 3.8) is 0 Å². The van der Waals surface area contributed by atoms with Crippen LogP contribution in [0.1, 0.15) is 22.7 Å². The number of para-hydroxylation sites is 1. The Balaban J connectivity index is 1.52. The number of hydrogen-bond acceptors (Lipinski definition) is 4. The Morgan fingerprint density at radius 1 is 0.966 bits per heavy atom. The molecule has 4 nitrogen and oxygen atoms in total. The second-order valence-electron chi connectivity index (χ2n) is 6.77. The predicted octanol–water partition coefficient (Wildman–Crippen LogP) is 5.09. The molecule has 0 radical (unpaired) electrons. The Hall–Kier alpha value is -3.25. The SMILES string of the molecule is O=C1C(c2ccccc2)N=C2c3ccccc3N=C(SCc3cccc(F)c3)N12. The number of rotatable bonds is 3. The third-order valence-corrected chi connectivity index (χ3v) is 5.85. The van der Waals surface area contributed by atoms with Gasteiger partial charge in [0.1, 0.15) is 11.7 Å². The van der Waals surface area contributed by atoms with Crippen LogP contribution in [0.4, 0.5) is 10.1 Å². The van der Waals surface area contributed by atoms with Crippen LogP contribution < -0.4 is 0 Å². The molecule has 29 heavy (non-hydrogen) atoms. The number of halogens is 1. The maximum absolute atomic E-state index is 13.5. The fraction of sp³-hybridized carbons (Fsp3) is 0.0870. The van der Waals surface area contributed by atoms with Crippen molar-refractivity contribution in [3.8, 4) is 0 Å². The molecule has 0 N–H and O–H groups in total. The summed E-state index contributed by atoms with van der Waals surface area (Å²) in [5, 5.41) is 0.565. The zero-order valence-electron chi connectivity index (χ0n) is 15.3. The van der Waals surface area contributed by atoms with Gasteiger partial charge < -0.3 is 0 Å². The average Bonchev–Trinajstić information content (AvgIpc) is 3.10. The summed E-state index contributed by atoms with van der Waals surface area (Å²) >= 11 is 1.41. The summed E-state index contributed by atoms with van der Waals surface area (Å²) in [4.78, 5) is 24.4. The first-order valence-electron chi connectivity index (χ1n) is 9.23. The van der Waals surface area contributed by atoms with Gasteiger partial charge in [-0.05, 0) is 35.4 Å². The number of carbonyl (C=O) groups excluding carboxylic acids is 1. The van der Waals surface area contributed by atoms with Gasteiger partial charge in [0.15, 0.2) is 11.2 Å². The molecule has 2 heterocycles. The first-order valence-corrected chi connectivity index (χ1v) is 10.2. The number of aliphatic imine (C=N–C) groups is 2. The van der Waals surface area contributed by atoms with E-state index in [1.165, 1.54) is 23.9 Å². The molecule has 3 aromatic rings. The number of amidine groups is 2. The minimum Gasteiger partial charge on any atom is -0.271 e. The number of amides is 1. The molecule has 0 bridgehead atoms. The predicted molar refractivity (Wildman–Crippen MR) is 114 cm³/mol. The fourth-order valence-electron chi connectivity index (χ4n) is 3.47. The van der Waals surface area contributed by atoms with E-state index in [1.807, 2.05) is 60.7 Å². The number of thioether (sulfide) groups is 1. The van der Waals surface area contributed by atoms with Crippen molar-refractivity contribution in [2.24, 2.45) is 9.98 Å². The van der Waals surface area contributed by atoms with Crippen molar-refractivity contribution >= 4 is 34.4 Å². The van der Waals surface area contributed by atoms with E-state index < -0.39 is 6.04 Å². The van der Waals surface area contributed by atoms with Crippen molar-refractivity contribution in [3.05, 3.63) is 101 Å². The van der Waals surface area contributed by atoms with Gasteiger partial charge in [-0.3, -0.25) is 4.79 Å². The fourth-order valence-corrected chi connectivity index (χ4v) is 4.42. The van der Waals surface area contributed by atoms with Gasteiger partial charge in [0.25, 0.3) is 5.91 Å². The molecule has 1 amide bonds. The van der Waals surface area contributed by atoms with Crippen LogP contribution in [0, 0.1) is 5.82 Å². The Morgan fingerprint density at radius 3 is 2.59 bits per heavy atom. The normalized spacial score (nSPS) is 17.5. The van der Waals surface area contributed by atoms with Crippen molar-refractivity contribution in [2.45, 2.75) is 11.8 Å². The van der Waals surface area contributed by atoms with Gasteiger partial charge in [-0.25, -0.2) is 19.3 Å². The zero-order chi connectivity index (χ0) is 19.8. The quantitative estimate of drug-likeness (QED) is 0.614. The average molecular weight is 401 g/mol. The summed E-state index contributed by atoms with van der Waals surface area (Å²) in [7, 11) is 0. The summed E-state index contributed by atoms with van der Waals surface area (Å²) < 4.78 is 13.5. The molecule has 2 aliphatic heterocycles. The molecule has 0 spiro atoms. The van der Waals surface area contributed by atoms with E-state index in [0.29, 0.717) is 16.8 Å². The Morgan fingerprint density at radius 2 is 1.76 bits per heavy atom. The minimum absolute atomic E-state index is 0.119. The van der Waals surface area contributed by atoms with Crippen molar-refractivity contribution < 1.29 is 9.18 Å². The molecule has 0 fully saturated rings. The van der Waals surface area contributed by atoms with Gasteiger partial charge in [0.05, 0.1) is 5.69 Å². The van der Waals surface area contributed by atoms with Gasteiger partial charge in [0.2, 0.25) is 0 Å². The summed E-state index contributed by atoms with van der Waals surface area (Å²) in [5.74, 6) is 0.733. The summed E-state index contributed by atoms with van der Waals surface area (Å²) in [6.45, 7) is 0. The van der Waals surface area contributed by atoms with Gasteiger partial charge >= 0.3 is 0 Å². The van der Waals surface area contributed by atoms with Crippen molar-refractivity contribution in [1.82, 2.24) is 4.90 Å². The first kappa shape index (κ1) is 17.8. The molecule has 3 aromatic carbocycles. The standard InChI is InChI=1S/C23H16FN3OS/c24-17-10-6-7-15(13-17)14-29-23-25-19-12-5-4-11-18(19)21-26-20(22(28)27(21)23)16-8-2-1-3-9-16/h1-13,20H,14H2. The first-order chi connectivity index (χ1) is 14.2. The highest BCUT2D eigenvalue weighted by Gasteiger charge is 2.41. The van der Waals surface area contributed by atoms with Crippen LogP contribution in [-0.2, 0) is 10.5 Å². The van der Waals surface area contributed by atoms with E-state index in [9.17, 15) is 9.18 Å². The van der Waals surface area contributed by atoms with E-state index in [0.717, 1.165) is 22.4 Å². The third kappa shape index (κ3) is 3.25. The van der Waals surface area contributed by atoms with Crippen LogP contribution in [-0.4, -0.2) is 21.8 Å². The van der Waals surface area contributed by atoms with Crippen LogP contribution in [0.25, 0.3) is 0 Å². The molecular weight excluding hydrogens is 385 g/mol. The summed E-state index contributed by atoms with van der Waals surface area (Å²) in [6, 6.07) is 23.1. The molecule has 0 saturated carbocycles. The number of fused-ring (bicyclic) bond motifs is 3. The monoisotopic (exact) mass is 401 g/mol. The number of carbonyl (C=O) groups is 1. The molecule has 0 aliphatic carbocycles. The minimum atomic E-state index is -0.586. The second kappa shape index (κ2) is 7.29. The highest BCUT2D eigenvalue weighted by Crippen LogP contribution is 2.38. The molecule has 142 valence electrons. The molecule has 5 rings (SSSR count). The Labute approximate surface area is 171 Å². The smallest absolute Gasteiger partial charge is 0.263 e. The van der Waals surface area contributed by atoms with E-state index in [-0.39, 0.29) is 11.7 Å². The van der Waals surface area contributed by atoms with Gasteiger partial charge in [-0.15, -0.1) is 0 Å². The number of nitrogens with zero attached hydrogens (tertiary/aromatic N) is 3. The Bertz CT molecular complexity index is 1160. The van der Waals surface area contributed by atoms with Crippen LogP contribution >= 0.6 is 11.8 Å². The van der Waals surface area contributed by atoms with E-state index in [1.54, 1.807) is 11.0 Å². The molecule has 6 heteroatoms. The van der Waals surface area contributed by atoms with Crippen LogP contribution in [0.15, 0.2) is 88.8 Å². The molecule has 0 saturated heterocycles. The topological polar surface area (TPSA) is 45.0 Å². The lowest BCUT2D eigenvalue weighted by molar-refractivity contribution is -0.124. The van der Waals surface area contributed by atoms with Gasteiger partial charge in [0, 0.05) is 11.3 Å². The molecule has 1 atom stereocenters. The highest BCUT2D eigenvalue weighted by atomic mass is 32.2. The van der Waals surface area contributed by atoms with Gasteiger partial charge in [-0.2, -0.15) is 0 Å². The van der Waals surface area contributed by atoms with E-state index in [4.69, 9.17) is 9.98 Å². The Kier molecular flexibility index (Phi) is 4.48. The summed E-state index contributed by atoms with van der Waals surface area (Å²) in [5.41, 5.74) is 3.31. The molecule has 0 aromatic heterocycles. The maximum atomic E-state index is 13.5. The lowest BCUT2D eigenvalue weighted by Gasteiger charge is -2.25. The van der Waals surface area contributed by atoms with E-state index in [2.05, 4.69) is 0 Å². The largest absolute Gasteiger partial charge is 0.271 e. The van der Waals surface area contributed by atoms with Crippen LogP contribution in [0.5, 0.6) is 0 Å². The molecule has 2 aliphatic rings. The lowest BCUT2D eigenvalue weighted by atomic mass is 10.1. The summed E-state index contributed by atoms with van der Waals surface area (Å²) in [6.07, 6.45) is 0. The van der Waals surface area contributed by atoms with Crippen molar-refractivity contribution in [1.29, 1.82) is 0 Å². The van der Waals surface area contributed by atoms with Crippen LogP contribution in [0.3, 0.4) is 0 Å². The van der Waals surface area contributed by atoms with E-state index >= 15 is 0 Å². The zero-order valence-corrected chi connectivity index (χ0v) is 16.1. The lowest BCUT2D eigenvalue weighted by Crippen LogP contribution is -2.39. The number of benzene rings is 3. The highest BCUT2D eigenvalue weighted by molar-refractivity contribution is 8.13. The third-order valence-electron chi connectivity index (χ3n) is 4.84. The van der Waals surface area contributed by atoms with Crippen LogP contribution in [0.2, 0.25) is 0 Å². The second-order valence-corrected chi connectivity index (χ2v) is 7.71.